The van der Waals surface area contributed by atoms with Crippen molar-refractivity contribution in [2.75, 3.05) is 19.5 Å². The van der Waals surface area contributed by atoms with E-state index in [4.69, 9.17) is 9.47 Å². The molecule has 2 aromatic carbocycles. The smallest absolute Gasteiger partial charge is 0.124 e. The summed E-state index contributed by atoms with van der Waals surface area (Å²) in [5.41, 5.74) is 4.87. The summed E-state index contributed by atoms with van der Waals surface area (Å²) >= 11 is 0. The first-order chi connectivity index (χ1) is 9.62. The molecule has 0 fully saturated rings. The van der Waals surface area contributed by atoms with Gasteiger partial charge in [-0.05, 0) is 30.5 Å². The Morgan fingerprint density at radius 2 is 1.50 bits per heavy atom. The van der Waals surface area contributed by atoms with E-state index in [9.17, 15) is 0 Å². The van der Waals surface area contributed by atoms with Crippen molar-refractivity contribution < 1.29 is 9.47 Å². The Bertz CT molecular complexity index is 571. The van der Waals surface area contributed by atoms with E-state index < -0.39 is 0 Å². The van der Waals surface area contributed by atoms with Crippen molar-refractivity contribution in [2.24, 2.45) is 0 Å². The highest BCUT2D eigenvalue weighted by molar-refractivity contribution is 5.54. The number of ether oxygens (including phenoxy) is 2. The maximum atomic E-state index is 5.26. The molecule has 0 heterocycles. The summed E-state index contributed by atoms with van der Waals surface area (Å²) in [5, 5.41) is 3.40. The van der Waals surface area contributed by atoms with E-state index in [0.29, 0.717) is 0 Å². The normalized spacial score (nSPS) is 10.2. The second-order valence-corrected chi connectivity index (χ2v) is 4.87. The summed E-state index contributed by atoms with van der Waals surface area (Å²) in [6, 6.07) is 12.3. The Morgan fingerprint density at radius 1 is 0.850 bits per heavy atom. The van der Waals surface area contributed by atoms with Crippen molar-refractivity contribution in [1.29, 1.82) is 0 Å². The van der Waals surface area contributed by atoms with Gasteiger partial charge >= 0.3 is 0 Å². The fourth-order valence-corrected chi connectivity index (χ4v) is 2.03. The number of nitrogens with one attached hydrogen (secondary N) is 1. The summed E-state index contributed by atoms with van der Waals surface area (Å²) in [4.78, 5) is 0. The molecule has 0 bridgehead atoms. The minimum absolute atomic E-state index is 0.775. The van der Waals surface area contributed by atoms with Gasteiger partial charge in [0.1, 0.15) is 11.5 Å². The third kappa shape index (κ3) is 3.44. The van der Waals surface area contributed by atoms with E-state index >= 15 is 0 Å². The Morgan fingerprint density at radius 3 is 2.05 bits per heavy atom. The Labute approximate surface area is 120 Å². The predicted octanol–water partition coefficient (Wildman–Crippen LogP) is 3.93. The molecule has 3 heteroatoms. The summed E-state index contributed by atoms with van der Waals surface area (Å²) < 4.78 is 10.5. The zero-order chi connectivity index (χ0) is 14.5. The molecule has 0 radical (unpaired) electrons. The first kappa shape index (κ1) is 14.3. The van der Waals surface area contributed by atoms with Gasteiger partial charge in [-0.1, -0.05) is 18.2 Å². The van der Waals surface area contributed by atoms with Crippen molar-refractivity contribution in [3.63, 3.8) is 0 Å². The first-order valence-electron chi connectivity index (χ1n) is 6.65. The first-order valence-corrected chi connectivity index (χ1v) is 6.65. The summed E-state index contributed by atoms with van der Waals surface area (Å²) in [7, 11) is 3.31. The zero-order valence-electron chi connectivity index (χ0n) is 12.5. The second kappa shape index (κ2) is 6.33. The van der Waals surface area contributed by atoms with Crippen molar-refractivity contribution in [2.45, 2.75) is 20.4 Å². The van der Waals surface area contributed by atoms with Gasteiger partial charge in [0.15, 0.2) is 0 Å². The Kier molecular flexibility index (Phi) is 4.51. The van der Waals surface area contributed by atoms with Crippen molar-refractivity contribution in [1.82, 2.24) is 0 Å². The molecule has 0 spiro atoms. The summed E-state index contributed by atoms with van der Waals surface area (Å²) in [6.45, 7) is 5.03. The minimum Gasteiger partial charge on any atom is -0.497 e. The van der Waals surface area contributed by atoms with E-state index in [1.54, 1.807) is 14.2 Å². The van der Waals surface area contributed by atoms with Crippen molar-refractivity contribution in [3.05, 3.63) is 53.1 Å². The van der Waals surface area contributed by atoms with Crippen LogP contribution in [0.1, 0.15) is 16.7 Å². The average molecular weight is 271 g/mol. The van der Waals surface area contributed by atoms with E-state index in [2.05, 4.69) is 37.4 Å². The topological polar surface area (TPSA) is 30.5 Å². The molecule has 2 rings (SSSR count). The molecule has 0 aromatic heterocycles. The van der Waals surface area contributed by atoms with Crippen LogP contribution in [0, 0.1) is 13.8 Å². The maximum Gasteiger partial charge on any atom is 0.124 e. The largest absolute Gasteiger partial charge is 0.497 e. The van der Waals surface area contributed by atoms with Gasteiger partial charge in [-0.3, -0.25) is 0 Å². The van der Waals surface area contributed by atoms with Gasteiger partial charge in [0, 0.05) is 30.4 Å². The lowest BCUT2D eigenvalue weighted by Crippen LogP contribution is -2.01. The minimum atomic E-state index is 0.775. The van der Waals surface area contributed by atoms with Crippen LogP contribution >= 0.6 is 0 Å². The lowest BCUT2D eigenvalue weighted by atomic mass is 10.1. The van der Waals surface area contributed by atoms with Crippen LogP contribution in [0.3, 0.4) is 0 Å². The molecular weight excluding hydrogens is 250 g/mol. The number of anilines is 1. The van der Waals surface area contributed by atoms with Gasteiger partial charge in [0.25, 0.3) is 0 Å². The van der Waals surface area contributed by atoms with Crippen LogP contribution in [0.5, 0.6) is 11.5 Å². The fourth-order valence-electron chi connectivity index (χ4n) is 2.03. The third-order valence-electron chi connectivity index (χ3n) is 3.42. The van der Waals surface area contributed by atoms with E-state index in [1.165, 1.54) is 16.7 Å². The van der Waals surface area contributed by atoms with Gasteiger partial charge in [-0.2, -0.15) is 0 Å². The van der Waals surface area contributed by atoms with Crippen molar-refractivity contribution in [3.8, 4) is 11.5 Å². The standard InChI is InChI=1S/C17H21NO2/c1-12-5-6-14(7-13(12)2)11-18-15-8-16(19-3)10-17(9-15)20-4/h5-10,18H,11H2,1-4H3. The van der Waals surface area contributed by atoms with Gasteiger partial charge in [0.2, 0.25) is 0 Å². The number of rotatable bonds is 5. The monoisotopic (exact) mass is 271 g/mol. The van der Waals surface area contributed by atoms with Gasteiger partial charge < -0.3 is 14.8 Å². The molecule has 0 amide bonds. The molecule has 0 saturated heterocycles. The number of hydrogen-bond donors (Lipinski definition) is 1. The maximum absolute atomic E-state index is 5.26. The predicted molar refractivity (Wildman–Crippen MR) is 82.8 cm³/mol. The molecule has 20 heavy (non-hydrogen) atoms. The zero-order valence-corrected chi connectivity index (χ0v) is 12.5. The molecule has 0 atom stereocenters. The second-order valence-electron chi connectivity index (χ2n) is 4.87. The van der Waals surface area contributed by atoms with Gasteiger partial charge in [-0.25, -0.2) is 0 Å². The van der Waals surface area contributed by atoms with Crippen molar-refractivity contribution >= 4 is 5.69 Å². The highest BCUT2D eigenvalue weighted by Crippen LogP contribution is 2.26. The highest BCUT2D eigenvalue weighted by atomic mass is 16.5. The van der Waals surface area contributed by atoms with Gasteiger partial charge in [-0.15, -0.1) is 0 Å². The molecule has 0 saturated carbocycles. The van der Waals surface area contributed by atoms with Crippen LogP contribution in [0.15, 0.2) is 36.4 Å². The molecular formula is C17H21NO2. The van der Waals surface area contributed by atoms with Crippen LogP contribution in [-0.4, -0.2) is 14.2 Å². The van der Waals surface area contributed by atoms with Crippen LogP contribution in [0.4, 0.5) is 5.69 Å². The molecule has 0 aliphatic rings. The molecule has 1 N–H and O–H groups in total. The van der Waals surface area contributed by atoms with E-state index in [1.807, 2.05) is 18.2 Å². The van der Waals surface area contributed by atoms with E-state index in [0.717, 1.165) is 23.7 Å². The quantitative estimate of drug-likeness (QED) is 0.893. The number of benzene rings is 2. The molecule has 2 aromatic rings. The van der Waals surface area contributed by atoms with E-state index in [-0.39, 0.29) is 0 Å². The average Bonchev–Trinajstić information content (AvgIpc) is 2.48. The lowest BCUT2D eigenvalue weighted by Gasteiger charge is -2.11. The SMILES string of the molecule is COc1cc(NCc2ccc(C)c(C)c2)cc(OC)c1. The summed E-state index contributed by atoms with van der Waals surface area (Å²) in [5.74, 6) is 1.57. The van der Waals surface area contributed by atoms with Crippen LogP contribution < -0.4 is 14.8 Å². The lowest BCUT2D eigenvalue weighted by molar-refractivity contribution is 0.394. The molecule has 0 aliphatic carbocycles. The fraction of sp³-hybridized carbons (Fsp3) is 0.294. The molecule has 106 valence electrons. The van der Waals surface area contributed by atoms with Crippen LogP contribution in [-0.2, 0) is 6.54 Å². The molecule has 0 unspecified atom stereocenters. The number of aryl methyl sites for hydroxylation is 2. The third-order valence-corrected chi connectivity index (χ3v) is 3.42. The number of methoxy groups -OCH3 is 2. The Hall–Kier alpha value is -2.16. The summed E-state index contributed by atoms with van der Waals surface area (Å²) in [6.07, 6.45) is 0. The molecule has 0 aliphatic heterocycles. The van der Waals surface area contributed by atoms with Gasteiger partial charge in [0.05, 0.1) is 14.2 Å². The van der Waals surface area contributed by atoms with Crippen LogP contribution in [0.25, 0.3) is 0 Å². The highest BCUT2D eigenvalue weighted by Gasteiger charge is 2.02. The Balaban J connectivity index is 2.11. The molecule has 3 nitrogen and oxygen atoms in total. The number of hydrogen-bond acceptors (Lipinski definition) is 3. The van der Waals surface area contributed by atoms with Crippen LogP contribution in [0.2, 0.25) is 0 Å².